The van der Waals surface area contributed by atoms with Gasteiger partial charge in [-0.1, -0.05) is 89.7 Å². The number of hydrogen-bond donors (Lipinski definition) is 4. The van der Waals surface area contributed by atoms with E-state index in [1.807, 2.05) is 64.1 Å². The van der Waals surface area contributed by atoms with Crippen molar-refractivity contribution < 1.29 is 73.6 Å². The van der Waals surface area contributed by atoms with Crippen molar-refractivity contribution >= 4 is 57.1 Å². The molecule has 1 saturated heterocycles. The largest absolute Gasteiger partial charge is 1.00 e. The Kier molecular flexibility index (Phi) is 34.3. The van der Waals surface area contributed by atoms with Crippen LogP contribution in [-0.4, -0.2) is 124 Å². The average Bonchev–Trinajstić information content (AvgIpc) is 4.17. The molecule has 0 aliphatic carbocycles. The van der Waals surface area contributed by atoms with Gasteiger partial charge in [0.1, 0.15) is 36.5 Å². The Labute approximate surface area is 470 Å². The molecule has 76 heavy (non-hydrogen) atoms. The number of amides is 1. The molecule has 0 saturated carbocycles. The van der Waals surface area contributed by atoms with E-state index in [-0.39, 0.29) is 90.4 Å². The lowest BCUT2D eigenvalue weighted by Gasteiger charge is -2.31. The highest BCUT2D eigenvalue weighted by Crippen LogP contribution is 2.38. The number of nitrogens with one attached hydrogen (secondary N) is 1. The van der Waals surface area contributed by atoms with Gasteiger partial charge in [-0.25, -0.2) is 4.79 Å². The van der Waals surface area contributed by atoms with Gasteiger partial charge in [0.2, 0.25) is 5.91 Å². The van der Waals surface area contributed by atoms with Gasteiger partial charge in [-0.05, 0) is 115 Å². The van der Waals surface area contributed by atoms with E-state index in [1.165, 1.54) is 24.7 Å². The van der Waals surface area contributed by atoms with Crippen LogP contribution in [0, 0.1) is 5.92 Å². The number of hydrogen-bond acceptors (Lipinski definition) is 15. The third-order valence-electron chi connectivity index (χ3n) is 10.6. The number of halogens is 3. The molecule has 2 atom stereocenters. The summed E-state index contributed by atoms with van der Waals surface area (Å²) >= 11 is 11.0. The summed E-state index contributed by atoms with van der Waals surface area (Å²) < 4.78 is 52.6. The van der Waals surface area contributed by atoms with Crippen LogP contribution in [0.5, 0.6) is 11.5 Å². The van der Waals surface area contributed by atoms with Crippen LogP contribution in [0.1, 0.15) is 119 Å². The maximum absolute atomic E-state index is 11.7. The van der Waals surface area contributed by atoms with Crippen molar-refractivity contribution in [1.82, 2.24) is 22.5 Å². The molecule has 1 fully saturated rings. The Morgan fingerprint density at radius 3 is 1.43 bits per heavy atom. The maximum atomic E-state index is 11.7. The van der Waals surface area contributed by atoms with Crippen molar-refractivity contribution in [3.63, 3.8) is 0 Å². The van der Waals surface area contributed by atoms with E-state index in [4.69, 9.17) is 46.9 Å². The lowest BCUT2D eigenvalue weighted by atomic mass is 9.73. The second-order valence-electron chi connectivity index (χ2n) is 21.6. The molecule has 0 radical (unpaired) electrons. The molecule has 4 rings (SSSR count). The van der Waals surface area contributed by atoms with E-state index in [9.17, 15) is 27.6 Å². The first-order valence-electron chi connectivity index (χ1n) is 24.2. The molecular formula is C55H90Cl3N5O12S. The minimum Gasteiger partial charge on any atom is -1.00 e. The minimum atomic E-state index is -3.28. The zero-order valence-corrected chi connectivity index (χ0v) is 50.8. The second-order valence-corrected chi connectivity index (χ2v) is 23.7. The molecule has 3 aromatic carbocycles. The van der Waals surface area contributed by atoms with Gasteiger partial charge in [-0.2, -0.15) is 8.42 Å². The van der Waals surface area contributed by atoms with Crippen molar-refractivity contribution in [2.24, 2.45) is 5.92 Å². The fraction of sp³-hybridized carbons (Fsp3) is 0.564. The van der Waals surface area contributed by atoms with Crippen LogP contribution in [0.4, 0.5) is 0 Å². The van der Waals surface area contributed by atoms with E-state index in [1.54, 1.807) is 20.8 Å². The third-order valence-corrected chi connectivity index (χ3v) is 11.8. The Bertz CT molecular complexity index is 2310. The Balaban J connectivity index is -0.00000155. The molecule has 2 unspecified atom stereocenters. The summed E-state index contributed by atoms with van der Waals surface area (Å²) in [5, 5.41) is 2.71. The van der Waals surface area contributed by atoms with Crippen LogP contribution in [0.2, 0.25) is 0 Å². The minimum absolute atomic E-state index is 0. The number of carbonyl (C=O) groups excluding carboxylic acids is 4. The molecule has 21 heteroatoms. The van der Waals surface area contributed by atoms with Crippen LogP contribution < -0.4 is 45.2 Å². The molecular weight excluding hydrogens is 1060 g/mol. The highest BCUT2D eigenvalue weighted by Gasteiger charge is 2.30. The van der Waals surface area contributed by atoms with Crippen LogP contribution in [0.15, 0.2) is 85.5 Å². The van der Waals surface area contributed by atoms with Gasteiger partial charge in [0.25, 0.3) is 10.1 Å². The lowest BCUT2D eigenvalue weighted by molar-refractivity contribution is -0.359. The molecule has 3 aromatic rings. The molecule has 1 heterocycles. The molecule has 1 aliphatic heterocycles. The number of rotatable bonds is 20. The molecule has 1 amide bonds. The fourth-order valence-corrected chi connectivity index (χ4v) is 7.55. The standard InChI is InChI=1S/C37H45Cl2NO8.C7H13NO.C6H13N.C5H12O3S.ClH.2H3N/c1-25(22-46-35(43)20-40)21-44-30-13-9-26(10-14-30)36(2,3)28-7-6-8-29(17-28)37(4,5)27-11-15-31(16-12-27)45-23-32(48-34(42)19-39)24-47-33(41)18-38;1-5-6(9)8-7(2,3)4;1-6(2,3)7-4-5-7;1-5(2,3)8-9(4,6)7;;;/h6-17,25,32H,18-24,40H2,1-5H3;5H,1H2,2-4H3,(H,8,9);4-5H2,1-3H3;1-4H3;1H;2*1H3. The van der Waals surface area contributed by atoms with E-state index in [0.717, 1.165) is 28.7 Å². The van der Waals surface area contributed by atoms with Crippen molar-refractivity contribution in [1.29, 1.82) is 0 Å². The number of esters is 3. The molecule has 0 bridgehead atoms. The van der Waals surface area contributed by atoms with Gasteiger partial charge in [0.15, 0.2) is 12.6 Å². The first-order chi connectivity index (χ1) is 33.6. The van der Waals surface area contributed by atoms with Gasteiger partial charge in [0.05, 0.1) is 25.1 Å². The second kappa shape index (κ2) is 34.4. The van der Waals surface area contributed by atoms with Gasteiger partial charge < -0.3 is 59.4 Å². The van der Waals surface area contributed by atoms with Crippen LogP contribution in [0.3, 0.4) is 0 Å². The molecule has 10 N–H and O–H groups in total. The third kappa shape index (κ3) is 31.7. The van der Waals surface area contributed by atoms with Crippen LogP contribution in [0.25, 0.3) is 0 Å². The lowest BCUT2D eigenvalue weighted by Crippen LogP contribution is -3.00. The highest BCUT2D eigenvalue weighted by atomic mass is 35.5. The van der Waals surface area contributed by atoms with E-state index < -0.39 is 33.8 Å². The van der Waals surface area contributed by atoms with Crippen LogP contribution in [-0.2, 0) is 58.5 Å². The molecule has 434 valence electrons. The maximum Gasteiger partial charge on any atom is 0.361 e. The predicted molar refractivity (Wildman–Crippen MR) is 300 cm³/mol. The molecule has 1 aliphatic rings. The number of benzene rings is 3. The zero-order chi connectivity index (χ0) is 56.0. The molecule has 17 nitrogen and oxygen atoms in total. The summed E-state index contributed by atoms with van der Waals surface area (Å²) in [6, 6.07) is 24.5. The number of ether oxygens (including phenoxy) is 5. The Morgan fingerprint density at radius 1 is 0.684 bits per heavy atom. The van der Waals surface area contributed by atoms with Crippen molar-refractivity contribution in [2.75, 3.05) is 64.1 Å². The van der Waals surface area contributed by atoms with E-state index in [2.05, 4.69) is 112 Å². The summed E-state index contributed by atoms with van der Waals surface area (Å²) in [5.74, 6) is -0.958. The monoisotopic (exact) mass is 1150 g/mol. The van der Waals surface area contributed by atoms with Gasteiger partial charge in [-0.3, -0.25) is 23.5 Å². The van der Waals surface area contributed by atoms with Gasteiger partial charge in [0, 0.05) is 40.9 Å². The average molecular weight is 1150 g/mol. The summed E-state index contributed by atoms with van der Waals surface area (Å²) in [4.78, 5) is 47.6. The number of carbonyl (C=O) groups is 4. The van der Waals surface area contributed by atoms with Crippen molar-refractivity contribution in [2.45, 2.75) is 131 Å². The summed E-state index contributed by atoms with van der Waals surface area (Å²) in [7, 11) is -3.28. The first kappa shape index (κ1) is 75.7. The van der Waals surface area contributed by atoms with Crippen LogP contribution >= 0.6 is 23.2 Å². The number of alkyl halides is 2. The smallest absolute Gasteiger partial charge is 0.361 e. The van der Waals surface area contributed by atoms with Gasteiger partial charge in [-0.15, -0.1) is 23.2 Å². The fourth-order valence-electron chi connectivity index (χ4n) is 6.50. The first-order valence-corrected chi connectivity index (χ1v) is 27.0. The van der Waals surface area contributed by atoms with Gasteiger partial charge >= 0.3 is 17.9 Å². The van der Waals surface area contributed by atoms with E-state index >= 15 is 0 Å². The normalized spacial score (nSPS) is 13.1. The van der Waals surface area contributed by atoms with Crippen molar-refractivity contribution in [3.8, 4) is 11.5 Å². The Hall–Kier alpha value is -4.50. The number of nitrogens with zero attached hydrogens (tertiary/aromatic N) is 1. The topological polar surface area (TPSA) is 270 Å². The predicted octanol–water partition coefficient (Wildman–Crippen LogP) is 5.73. The Morgan fingerprint density at radius 2 is 1.12 bits per heavy atom. The SMILES string of the molecule is C=CC(=O)NC(C)(C)C.CC(C)(C)N1CC1.CC(C)(C)OS(C)(=O)=O.CC(COC(=O)C[NH3+])COc1ccc(C(C)(C)c2cccc(C(C)(C)c3ccc(OCC(COC(=O)CCl)OC(=O)CCl)cc3)c2)cc1.N.N.[Cl-]. The van der Waals surface area contributed by atoms with Crippen molar-refractivity contribution in [3.05, 3.63) is 108 Å². The molecule has 0 aromatic heterocycles. The quantitative estimate of drug-likeness (QED) is 0.0263. The molecule has 0 spiro atoms. The van der Waals surface area contributed by atoms with E-state index in [0.29, 0.717) is 24.5 Å². The number of quaternary nitrogens is 1. The summed E-state index contributed by atoms with van der Waals surface area (Å²) in [6.07, 6.45) is 1.48. The zero-order valence-electron chi connectivity index (χ0n) is 47.7. The summed E-state index contributed by atoms with van der Waals surface area (Å²) in [6.45, 7) is 34.9. The summed E-state index contributed by atoms with van der Waals surface area (Å²) in [5.41, 5.74) is 7.19. The highest BCUT2D eigenvalue weighted by molar-refractivity contribution is 7.86.